The molecule has 0 atom stereocenters. The maximum Gasteiger partial charge on any atom is 0.255 e. The Balaban J connectivity index is 1.37. The first-order valence-corrected chi connectivity index (χ1v) is 8.76. The summed E-state index contributed by atoms with van der Waals surface area (Å²) in [5.74, 6) is -0.134. The van der Waals surface area contributed by atoms with Crippen molar-refractivity contribution in [3.63, 3.8) is 0 Å². The molecule has 1 N–H and O–H groups in total. The van der Waals surface area contributed by atoms with E-state index < -0.39 is 0 Å². The molecule has 1 aromatic carbocycles. The second-order valence-electron chi connectivity index (χ2n) is 6.44. The first-order valence-electron chi connectivity index (χ1n) is 8.76. The van der Waals surface area contributed by atoms with Crippen molar-refractivity contribution < 1.29 is 9.53 Å². The van der Waals surface area contributed by atoms with Gasteiger partial charge in [-0.3, -0.25) is 9.48 Å². The lowest BCUT2D eigenvalue weighted by Gasteiger charge is -2.22. The molecule has 0 bridgehead atoms. The van der Waals surface area contributed by atoms with Gasteiger partial charge in [0.25, 0.3) is 5.91 Å². The van der Waals surface area contributed by atoms with Gasteiger partial charge in [0, 0.05) is 43.9 Å². The van der Waals surface area contributed by atoms with Crippen LogP contribution in [-0.2, 0) is 11.3 Å². The SMILES string of the molecule is O=C(Nc1cnn(C2CCOCC2)c1)c1ccc(Cn2ccnc2)cc1. The van der Waals surface area contributed by atoms with Gasteiger partial charge in [0.15, 0.2) is 0 Å². The van der Waals surface area contributed by atoms with Crippen LogP contribution >= 0.6 is 0 Å². The van der Waals surface area contributed by atoms with Crippen LogP contribution in [0.15, 0.2) is 55.4 Å². The number of carbonyl (C=O) groups excluding carboxylic acids is 1. The summed E-state index contributed by atoms with van der Waals surface area (Å²) in [6.07, 6.45) is 10.9. The summed E-state index contributed by atoms with van der Waals surface area (Å²) in [6.45, 7) is 2.26. The summed E-state index contributed by atoms with van der Waals surface area (Å²) in [5.41, 5.74) is 2.45. The number of hydrogen-bond donors (Lipinski definition) is 1. The number of amides is 1. The molecular weight excluding hydrogens is 330 g/mol. The zero-order chi connectivity index (χ0) is 17.8. The molecule has 0 aliphatic carbocycles. The third-order valence-corrected chi connectivity index (χ3v) is 4.56. The number of nitrogens with one attached hydrogen (secondary N) is 1. The average molecular weight is 351 g/mol. The molecule has 3 aromatic rings. The summed E-state index contributed by atoms with van der Waals surface area (Å²) < 4.78 is 9.29. The van der Waals surface area contributed by atoms with E-state index in [2.05, 4.69) is 15.4 Å². The topological polar surface area (TPSA) is 74.0 Å². The third-order valence-electron chi connectivity index (χ3n) is 4.56. The van der Waals surface area contributed by atoms with E-state index in [0.29, 0.717) is 17.3 Å². The van der Waals surface area contributed by atoms with E-state index in [0.717, 1.165) is 38.2 Å². The fourth-order valence-corrected chi connectivity index (χ4v) is 3.11. The van der Waals surface area contributed by atoms with E-state index in [-0.39, 0.29) is 5.91 Å². The van der Waals surface area contributed by atoms with E-state index in [4.69, 9.17) is 4.74 Å². The fraction of sp³-hybridized carbons (Fsp3) is 0.316. The smallest absolute Gasteiger partial charge is 0.255 e. The number of anilines is 1. The lowest BCUT2D eigenvalue weighted by atomic mass is 10.1. The highest BCUT2D eigenvalue weighted by atomic mass is 16.5. The quantitative estimate of drug-likeness (QED) is 0.767. The molecule has 1 amide bonds. The molecule has 0 radical (unpaired) electrons. The summed E-state index contributed by atoms with van der Waals surface area (Å²) in [5, 5.41) is 7.29. The summed E-state index contributed by atoms with van der Waals surface area (Å²) in [7, 11) is 0. The molecule has 134 valence electrons. The lowest BCUT2D eigenvalue weighted by molar-refractivity contribution is 0.0662. The van der Waals surface area contributed by atoms with Crippen LogP contribution in [0.4, 0.5) is 5.69 Å². The van der Waals surface area contributed by atoms with Crippen LogP contribution in [0.5, 0.6) is 0 Å². The van der Waals surface area contributed by atoms with Gasteiger partial charge in [0.1, 0.15) is 0 Å². The molecule has 2 aromatic heterocycles. The molecule has 26 heavy (non-hydrogen) atoms. The molecule has 7 heteroatoms. The second kappa shape index (κ2) is 7.53. The molecule has 3 heterocycles. The maximum atomic E-state index is 12.4. The first-order chi connectivity index (χ1) is 12.8. The van der Waals surface area contributed by atoms with Gasteiger partial charge in [-0.05, 0) is 30.5 Å². The zero-order valence-electron chi connectivity index (χ0n) is 14.4. The molecule has 0 spiro atoms. The molecular formula is C19H21N5O2. The predicted molar refractivity (Wildman–Crippen MR) is 97.0 cm³/mol. The minimum Gasteiger partial charge on any atom is -0.381 e. The van der Waals surface area contributed by atoms with E-state index in [9.17, 15) is 4.79 Å². The average Bonchev–Trinajstić information content (AvgIpc) is 3.35. The lowest BCUT2D eigenvalue weighted by Crippen LogP contribution is -2.19. The van der Waals surface area contributed by atoms with Gasteiger partial charge in [-0.15, -0.1) is 0 Å². The van der Waals surface area contributed by atoms with Crippen molar-refractivity contribution in [1.29, 1.82) is 0 Å². The van der Waals surface area contributed by atoms with Crippen LogP contribution < -0.4 is 5.32 Å². The Morgan fingerprint density at radius 1 is 1.23 bits per heavy atom. The van der Waals surface area contributed by atoms with E-state index in [1.54, 1.807) is 18.7 Å². The van der Waals surface area contributed by atoms with Gasteiger partial charge in [0.2, 0.25) is 0 Å². The highest BCUT2D eigenvalue weighted by Crippen LogP contribution is 2.21. The Labute approximate surface area is 151 Å². The Morgan fingerprint density at radius 3 is 2.77 bits per heavy atom. The van der Waals surface area contributed by atoms with Crippen molar-refractivity contribution >= 4 is 11.6 Å². The normalized spacial score (nSPS) is 15.1. The minimum absolute atomic E-state index is 0.134. The molecule has 1 fully saturated rings. The number of imidazole rings is 1. The monoisotopic (exact) mass is 351 g/mol. The number of hydrogen-bond acceptors (Lipinski definition) is 4. The maximum absolute atomic E-state index is 12.4. The molecule has 1 aliphatic heterocycles. The Bertz CT molecular complexity index is 848. The molecule has 1 aliphatic rings. The van der Waals surface area contributed by atoms with Gasteiger partial charge >= 0.3 is 0 Å². The number of carbonyl (C=O) groups is 1. The molecule has 0 saturated carbocycles. The molecule has 7 nitrogen and oxygen atoms in total. The number of aromatic nitrogens is 4. The number of nitrogens with zero attached hydrogens (tertiary/aromatic N) is 4. The van der Waals surface area contributed by atoms with Crippen LogP contribution in [-0.4, -0.2) is 38.5 Å². The minimum atomic E-state index is -0.134. The Hall–Kier alpha value is -2.93. The summed E-state index contributed by atoms with van der Waals surface area (Å²) >= 11 is 0. The van der Waals surface area contributed by atoms with Crippen LogP contribution in [0.25, 0.3) is 0 Å². The van der Waals surface area contributed by atoms with Crippen LogP contribution in [0.1, 0.15) is 34.8 Å². The van der Waals surface area contributed by atoms with Crippen LogP contribution in [0.2, 0.25) is 0 Å². The Kier molecular flexibility index (Phi) is 4.79. The molecule has 1 saturated heterocycles. The van der Waals surface area contributed by atoms with E-state index in [1.807, 2.05) is 45.9 Å². The van der Waals surface area contributed by atoms with Gasteiger partial charge in [-0.1, -0.05) is 12.1 Å². The third kappa shape index (κ3) is 3.83. The van der Waals surface area contributed by atoms with Crippen molar-refractivity contribution in [2.75, 3.05) is 18.5 Å². The van der Waals surface area contributed by atoms with Crippen molar-refractivity contribution in [2.45, 2.75) is 25.4 Å². The predicted octanol–water partition coefficient (Wildman–Crippen LogP) is 2.73. The van der Waals surface area contributed by atoms with E-state index in [1.165, 1.54) is 0 Å². The summed E-state index contributed by atoms with van der Waals surface area (Å²) in [4.78, 5) is 16.5. The largest absolute Gasteiger partial charge is 0.381 e. The van der Waals surface area contributed by atoms with Crippen molar-refractivity contribution in [1.82, 2.24) is 19.3 Å². The van der Waals surface area contributed by atoms with Crippen molar-refractivity contribution in [2.24, 2.45) is 0 Å². The molecule has 0 unspecified atom stereocenters. The molecule has 4 rings (SSSR count). The highest BCUT2D eigenvalue weighted by molar-refractivity contribution is 6.04. The van der Waals surface area contributed by atoms with Crippen LogP contribution in [0.3, 0.4) is 0 Å². The number of ether oxygens (including phenoxy) is 1. The first kappa shape index (κ1) is 16.5. The summed E-state index contributed by atoms with van der Waals surface area (Å²) in [6, 6.07) is 7.94. The van der Waals surface area contributed by atoms with Crippen molar-refractivity contribution in [3.05, 3.63) is 66.5 Å². The van der Waals surface area contributed by atoms with Crippen LogP contribution in [0, 0.1) is 0 Å². The van der Waals surface area contributed by atoms with Gasteiger partial charge in [0.05, 0.1) is 24.3 Å². The number of rotatable bonds is 5. The zero-order valence-corrected chi connectivity index (χ0v) is 14.4. The second-order valence-corrected chi connectivity index (χ2v) is 6.44. The van der Waals surface area contributed by atoms with Gasteiger partial charge in [-0.25, -0.2) is 4.98 Å². The van der Waals surface area contributed by atoms with Gasteiger partial charge < -0.3 is 14.6 Å². The van der Waals surface area contributed by atoms with E-state index >= 15 is 0 Å². The fourth-order valence-electron chi connectivity index (χ4n) is 3.11. The van der Waals surface area contributed by atoms with Crippen molar-refractivity contribution in [3.8, 4) is 0 Å². The Morgan fingerprint density at radius 2 is 2.04 bits per heavy atom. The standard InChI is InChI=1S/C19H21N5O2/c25-19(16-3-1-15(2-4-16)12-23-8-7-20-14-23)22-17-11-21-24(13-17)18-5-9-26-10-6-18/h1-4,7-8,11,13-14,18H,5-6,9-10,12H2,(H,22,25). The highest BCUT2D eigenvalue weighted by Gasteiger charge is 2.17. The van der Waals surface area contributed by atoms with Gasteiger partial charge in [-0.2, -0.15) is 5.10 Å². The number of benzene rings is 1.